The fraction of sp³-hybridized carbons (Fsp3) is 0.455. The summed E-state index contributed by atoms with van der Waals surface area (Å²) in [6.07, 6.45) is 4.38. The number of hydrogen-bond acceptors (Lipinski definition) is 4. The minimum absolute atomic E-state index is 0.116. The van der Waals surface area contributed by atoms with Crippen LogP contribution < -0.4 is 10.6 Å². The van der Waals surface area contributed by atoms with Crippen molar-refractivity contribution in [3.63, 3.8) is 0 Å². The van der Waals surface area contributed by atoms with Crippen LogP contribution in [0.2, 0.25) is 0 Å². The Morgan fingerprint density at radius 3 is 2.67 bits per heavy atom. The number of Topliss-reactive ketones (excluding diaryl/α,β-unsaturated/α-hetero) is 1. The van der Waals surface area contributed by atoms with E-state index in [0.29, 0.717) is 41.8 Å². The van der Waals surface area contributed by atoms with Crippen LogP contribution in [0.3, 0.4) is 0 Å². The zero-order chi connectivity index (χ0) is 22.0. The Balaban J connectivity index is 1.97. The summed E-state index contributed by atoms with van der Waals surface area (Å²) in [7, 11) is 0. The maximum Gasteiger partial charge on any atom is 0.294 e. The minimum Gasteiger partial charge on any atom is -0.347 e. The van der Waals surface area contributed by atoms with Crippen LogP contribution in [-0.4, -0.2) is 33.2 Å². The van der Waals surface area contributed by atoms with Crippen molar-refractivity contribution in [2.45, 2.75) is 66.0 Å². The number of anilines is 1. The number of carbonyl (C=O) groups is 3. The highest BCUT2D eigenvalue weighted by molar-refractivity contribution is 6.43. The van der Waals surface area contributed by atoms with Crippen molar-refractivity contribution in [1.82, 2.24) is 14.9 Å². The van der Waals surface area contributed by atoms with Crippen molar-refractivity contribution in [3.05, 3.63) is 46.3 Å². The van der Waals surface area contributed by atoms with E-state index in [1.54, 1.807) is 18.4 Å². The molecule has 30 heavy (non-hydrogen) atoms. The molecular formula is C22H27FN4O3. The first-order valence-electron chi connectivity index (χ1n) is 10.2. The molecule has 0 radical (unpaired) electrons. The third kappa shape index (κ3) is 4.13. The number of nitrogens with one attached hydrogen (secondary N) is 2. The molecule has 2 aromatic rings. The van der Waals surface area contributed by atoms with Gasteiger partial charge in [-0.1, -0.05) is 6.92 Å². The topological polar surface area (TPSA) is 93.1 Å². The van der Waals surface area contributed by atoms with Gasteiger partial charge < -0.3 is 15.2 Å². The van der Waals surface area contributed by atoms with E-state index < -0.39 is 23.5 Å². The Morgan fingerprint density at radius 2 is 2.00 bits per heavy atom. The van der Waals surface area contributed by atoms with Crippen molar-refractivity contribution in [3.8, 4) is 0 Å². The van der Waals surface area contributed by atoms with Gasteiger partial charge in [-0.05, 0) is 58.1 Å². The average molecular weight is 414 g/mol. The second-order valence-electron chi connectivity index (χ2n) is 7.80. The Morgan fingerprint density at radius 1 is 1.27 bits per heavy atom. The molecule has 0 saturated heterocycles. The molecule has 1 atom stereocenters. The lowest BCUT2D eigenvalue weighted by Crippen LogP contribution is -2.38. The smallest absolute Gasteiger partial charge is 0.294 e. The van der Waals surface area contributed by atoms with Gasteiger partial charge in [-0.15, -0.1) is 0 Å². The molecule has 1 aliphatic heterocycles. The fourth-order valence-corrected chi connectivity index (χ4v) is 3.79. The van der Waals surface area contributed by atoms with Gasteiger partial charge in [0.25, 0.3) is 17.6 Å². The summed E-state index contributed by atoms with van der Waals surface area (Å²) < 4.78 is 15.2. The number of halogens is 1. The molecule has 1 unspecified atom stereocenters. The van der Waals surface area contributed by atoms with Crippen molar-refractivity contribution in [1.29, 1.82) is 0 Å². The van der Waals surface area contributed by atoms with Gasteiger partial charge >= 0.3 is 0 Å². The summed E-state index contributed by atoms with van der Waals surface area (Å²) in [5, 5.41) is 5.45. The van der Waals surface area contributed by atoms with Gasteiger partial charge in [0.05, 0.1) is 23.1 Å². The Hall–Kier alpha value is -3.03. The molecule has 160 valence electrons. The van der Waals surface area contributed by atoms with E-state index in [9.17, 15) is 18.8 Å². The van der Waals surface area contributed by atoms with Gasteiger partial charge in [0.1, 0.15) is 0 Å². The van der Waals surface area contributed by atoms with Crippen LogP contribution in [-0.2, 0) is 17.8 Å². The first kappa shape index (κ1) is 21.7. The van der Waals surface area contributed by atoms with Crippen LogP contribution in [0.5, 0.6) is 0 Å². The van der Waals surface area contributed by atoms with Gasteiger partial charge in [-0.3, -0.25) is 14.4 Å². The molecule has 0 spiro atoms. The molecule has 3 rings (SSSR count). The third-order valence-electron chi connectivity index (χ3n) is 5.57. The van der Waals surface area contributed by atoms with E-state index >= 15 is 0 Å². The summed E-state index contributed by atoms with van der Waals surface area (Å²) in [5.74, 6) is -2.28. The number of rotatable bonds is 6. The molecular weight excluding hydrogens is 387 g/mol. The summed E-state index contributed by atoms with van der Waals surface area (Å²) in [6.45, 7) is 7.60. The molecule has 2 amide bonds. The summed E-state index contributed by atoms with van der Waals surface area (Å²) in [6, 6.07) is 1.39. The third-order valence-corrected chi connectivity index (χ3v) is 5.57. The van der Waals surface area contributed by atoms with Gasteiger partial charge in [0, 0.05) is 23.8 Å². The number of hydrogen-bond donors (Lipinski definition) is 2. The highest BCUT2D eigenvalue weighted by Crippen LogP contribution is 2.29. The van der Waals surface area contributed by atoms with Gasteiger partial charge in [0.2, 0.25) is 5.95 Å². The fourth-order valence-electron chi connectivity index (χ4n) is 3.79. The molecule has 0 bridgehead atoms. The second kappa shape index (κ2) is 8.77. The highest BCUT2D eigenvalue weighted by atomic mass is 19.1. The largest absolute Gasteiger partial charge is 0.347 e. The lowest BCUT2D eigenvalue weighted by atomic mass is 10.0. The van der Waals surface area contributed by atoms with Gasteiger partial charge in [-0.25, -0.2) is 4.98 Å². The second-order valence-corrected chi connectivity index (χ2v) is 7.80. The quantitative estimate of drug-likeness (QED) is 0.431. The standard InChI is InChI=1S/C22H27FN4O3/c1-5-13(3)25-22(30)19(28)18-14(4)17(16-8-6-7-9-27(16)18)21(29)26-15-10-12(2)20(23)24-11-15/h10-11,13H,5-9H2,1-4H3,(H,25,30)(H,26,29). The molecule has 8 heteroatoms. The Labute approximate surface area is 175 Å². The maximum atomic E-state index is 13.4. The number of nitrogens with zero attached hydrogens (tertiary/aromatic N) is 2. The first-order chi connectivity index (χ1) is 14.2. The number of pyridine rings is 1. The van der Waals surface area contributed by atoms with Crippen LogP contribution in [0.15, 0.2) is 12.3 Å². The number of fused-ring (bicyclic) bond motifs is 1. The van der Waals surface area contributed by atoms with Crippen molar-refractivity contribution in [2.75, 3.05) is 5.32 Å². The van der Waals surface area contributed by atoms with Crippen molar-refractivity contribution >= 4 is 23.3 Å². The predicted molar refractivity (Wildman–Crippen MR) is 111 cm³/mol. The summed E-state index contributed by atoms with van der Waals surface area (Å²) in [5.41, 5.74) is 2.60. The number of amides is 2. The van der Waals surface area contributed by atoms with Crippen LogP contribution >= 0.6 is 0 Å². The summed E-state index contributed by atoms with van der Waals surface area (Å²) in [4.78, 5) is 42.1. The maximum absolute atomic E-state index is 13.4. The van der Waals surface area contributed by atoms with E-state index in [1.165, 1.54) is 12.3 Å². The first-order valence-corrected chi connectivity index (χ1v) is 10.2. The van der Waals surface area contributed by atoms with Crippen LogP contribution in [0.25, 0.3) is 0 Å². The molecule has 0 fully saturated rings. The number of carbonyl (C=O) groups excluding carboxylic acids is 3. The molecule has 0 aromatic carbocycles. The normalized spacial score (nSPS) is 14.0. The van der Waals surface area contributed by atoms with Crippen molar-refractivity contribution in [2.24, 2.45) is 0 Å². The van der Waals surface area contributed by atoms with E-state index in [-0.39, 0.29) is 11.7 Å². The highest BCUT2D eigenvalue weighted by Gasteiger charge is 2.32. The summed E-state index contributed by atoms with van der Waals surface area (Å²) >= 11 is 0. The van der Waals surface area contributed by atoms with Crippen molar-refractivity contribution < 1.29 is 18.8 Å². The van der Waals surface area contributed by atoms with E-state index in [2.05, 4.69) is 15.6 Å². The molecule has 1 aliphatic rings. The SMILES string of the molecule is CCC(C)NC(=O)C(=O)c1c(C)c(C(=O)Nc2cnc(F)c(C)c2)c2n1CCCC2. The lowest BCUT2D eigenvalue weighted by Gasteiger charge is -2.19. The number of ketones is 1. The molecule has 0 saturated carbocycles. The molecule has 0 aliphatic carbocycles. The van der Waals surface area contributed by atoms with Crippen LogP contribution in [0.1, 0.15) is 70.8 Å². The Kier molecular flexibility index (Phi) is 6.34. The zero-order valence-corrected chi connectivity index (χ0v) is 17.8. The Bertz CT molecular complexity index is 1010. The molecule has 2 aromatic heterocycles. The molecule has 7 nitrogen and oxygen atoms in total. The van der Waals surface area contributed by atoms with Gasteiger partial charge in [-0.2, -0.15) is 4.39 Å². The molecule has 3 heterocycles. The zero-order valence-electron chi connectivity index (χ0n) is 17.8. The minimum atomic E-state index is -0.663. The van der Waals surface area contributed by atoms with Gasteiger partial charge in [0.15, 0.2) is 0 Å². The monoisotopic (exact) mass is 414 g/mol. The van der Waals surface area contributed by atoms with E-state index in [0.717, 1.165) is 18.5 Å². The van der Waals surface area contributed by atoms with Crippen LogP contribution in [0, 0.1) is 19.8 Å². The average Bonchev–Trinajstić information content (AvgIpc) is 3.01. The number of aryl methyl sites for hydroxylation is 1. The predicted octanol–water partition coefficient (Wildman–Crippen LogP) is 3.33. The van der Waals surface area contributed by atoms with E-state index in [1.807, 2.05) is 13.8 Å². The lowest BCUT2D eigenvalue weighted by molar-refractivity contribution is -0.117. The van der Waals surface area contributed by atoms with Crippen LogP contribution in [0.4, 0.5) is 10.1 Å². The number of aromatic nitrogens is 2. The molecule has 2 N–H and O–H groups in total. The van der Waals surface area contributed by atoms with E-state index in [4.69, 9.17) is 0 Å².